The highest BCUT2D eigenvalue weighted by Crippen LogP contribution is 2.42. The van der Waals surface area contributed by atoms with Crippen molar-refractivity contribution in [3.8, 4) is 0 Å². The van der Waals surface area contributed by atoms with E-state index in [1.807, 2.05) is 12.1 Å². The molecule has 142 valence electrons. The van der Waals surface area contributed by atoms with Crippen molar-refractivity contribution in [1.82, 2.24) is 4.57 Å². The predicted molar refractivity (Wildman–Crippen MR) is 127 cm³/mol. The van der Waals surface area contributed by atoms with Crippen molar-refractivity contribution in [2.75, 3.05) is 0 Å². The Hall–Kier alpha value is -1.92. The van der Waals surface area contributed by atoms with Gasteiger partial charge in [0, 0.05) is 15.7 Å². The van der Waals surface area contributed by atoms with E-state index < -0.39 is 8.24 Å². The molecule has 0 aliphatic carbocycles. The summed E-state index contributed by atoms with van der Waals surface area (Å²) in [5, 5.41) is 2.48. The molecule has 3 aromatic rings. The molecule has 0 atom stereocenters. The molecule has 0 N–H and O–H groups in total. The van der Waals surface area contributed by atoms with Gasteiger partial charge in [-0.05, 0) is 61.8 Å². The molecule has 0 radical (unpaired) electrons. The lowest BCUT2D eigenvalue weighted by molar-refractivity contribution is 0.0866. The molecule has 4 heteroatoms. The molecule has 3 aromatic carbocycles. The Labute approximate surface area is 181 Å². The molecule has 1 aliphatic heterocycles. The van der Waals surface area contributed by atoms with E-state index in [0.717, 1.165) is 11.1 Å². The average Bonchev–Trinajstić information content (AvgIpc) is 2.99. The maximum Gasteiger partial charge on any atom is 0.247 e. The van der Waals surface area contributed by atoms with Crippen molar-refractivity contribution in [3.63, 3.8) is 0 Å². The second-order valence-corrected chi connectivity index (χ2v) is 14.2. The highest BCUT2D eigenvalue weighted by atomic mass is 127. The van der Waals surface area contributed by atoms with Crippen molar-refractivity contribution >= 4 is 47.1 Å². The minimum Gasteiger partial charge on any atom is -0.352 e. The number of amides is 1. The first-order valence-electron chi connectivity index (χ1n) is 9.57. The van der Waals surface area contributed by atoms with Crippen molar-refractivity contribution < 1.29 is 4.79 Å². The monoisotopic (exact) mass is 497 g/mol. The zero-order valence-corrected chi connectivity index (χ0v) is 19.6. The Morgan fingerprint density at radius 1 is 0.857 bits per heavy atom. The van der Waals surface area contributed by atoms with E-state index in [9.17, 15) is 4.79 Å². The lowest BCUT2D eigenvalue weighted by Gasteiger charge is -2.49. The second kappa shape index (κ2) is 7.15. The molecule has 0 bridgehead atoms. The number of hydrogen-bond donors (Lipinski definition) is 0. The maximum atomic E-state index is 13.7. The van der Waals surface area contributed by atoms with Crippen LogP contribution in [-0.4, -0.2) is 18.7 Å². The van der Waals surface area contributed by atoms with Gasteiger partial charge in [-0.1, -0.05) is 81.4 Å². The van der Waals surface area contributed by atoms with E-state index in [4.69, 9.17) is 0 Å². The van der Waals surface area contributed by atoms with Gasteiger partial charge < -0.3 is 4.57 Å². The summed E-state index contributed by atoms with van der Waals surface area (Å²) in [5.41, 5.74) is 2.00. The van der Waals surface area contributed by atoms with Crippen LogP contribution in [0.25, 0.3) is 0 Å². The van der Waals surface area contributed by atoms with E-state index in [1.165, 1.54) is 13.9 Å². The van der Waals surface area contributed by atoms with Crippen LogP contribution < -0.4 is 10.4 Å². The molecule has 4 rings (SSSR count). The van der Waals surface area contributed by atoms with E-state index >= 15 is 0 Å². The van der Waals surface area contributed by atoms with Gasteiger partial charge in [-0.25, -0.2) is 0 Å². The quantitative estimate of drug-likeness (QED) is 0.376. The number of fused-ring (bicyclic) bond motifs is 1. The molecule has 0 fully saturated rings. The zero-order valence-electron chi connectivity index (χ0n) is 16.4. The van der Waals surface area contributed by atoms with Crippen LogP contribution in [0.3, 0.4) is 0 Å². The van der Waals surface area contributed by atoms with Crippen LogP contribution in [0, 0.1) is 3.57 Å². The van der Waals surface area contributed by atoms with Crippen LogP contribution in [0.5, 0.6) is 0 Å². The van der Waals surface area contributed by atoms with Crippen molar-refractivity contribution in [1.29, 1.82) is 0 Å². The summed E-state index contributed by atoms with van der Waals surface area (Å²) < 4.78 is 3.40. The van der Waals surface area contributed by atoms with Crippen LogP contribution in [-0.2, 0) is 6.54 Å². The van der Waals surface area contributed by atoms with Gasteiger partial charge in [0.25, 0.3) is 0 Å². The van der Waals surface area contributed by atoms with Gasteiger partial charge in [0.1, 0.15) is 0 Å². The molecule has 1 amide bonds. The SMILES string of the molecule is CC(C)(C)[Si](c1ccccc1)(c1ccccc1)N1Cc2cc(I)ccc2C1=O. The summed E-state index contributed by atoms with van der Waals surface area (Å²) in [4.78, 5) is 13.7. The fourth-order valence-electron chi connectivity index (χ4n) is 4.67. The maximum absolute atomic E-state index is 13.7. The lowest BCUT2D eigenvalue weighted by atomic mass is 10.1. The Balaban J connectivity index is 2.01. The standard InChI is InChI=1S/C24H24INOSi/c1-24(2,3)28(20-10-6-4-7-11-20,21-12-8-5-9-13-21)26-17-18-16-19(25)14-15-22(18)23(26)27/h4-16H,17H2,1-3H3. The summed E-state index contributed by atoms with van der Waals surface area (Å²) >= 11 is 2.33. The Morgan fingerprint density at radius 2 is 1.39 bits per heavy atom. The van der Waals surface area contributed by atoms with Crippen LogP contribution in [0.2, 0.25) is 5.04 Å². The van der Waals surface area contributed by atoms with E-state index in [1.54, 1.807) is 0 Å². The van der Waals surface area contributed by atoms with Gasteiger partial charge in [-0.2, -0.15) is 0 Å². The zero-order chi connectivity index (χ0) is 19.9. The molecule has 0 unspecified atom stereocenters. The number of rotatable bonds is 3. The first-order chi connectivity index (χ1) is 13.4. The number of hydrogen-bond acceptors (Lipinski definition) is 1. The van der Waals surface area contributed by atoms with Crippen LogP contribution in [0.4, 0.5) is 0 Å². The van der Waals surface area contributed by atoms with Crippen LogP contribution >= 0.6 is 22.6 Å². The molecule has 2 nitrogen and oxygen atoms in total. The van der Waals surface area contributed by atoms with Gasteiger partial charge >= 0.3 is 0 Å². The second-order valence-electron chi connectivity index (χ2n) is 8.39. The molecule has 0 aromatic heterocycles. The summed E-state index contributed by atoms with van der Waals surface area (Å²) in [7, 11) is -2.61. The highest BCUT2D eigenvalue weighted by molar-refractivity contribution is 14.1. The number of halogens is 1. The molecule has 0 saturated carbocycles. The third kappa shape index (κ3) is 2.94. The normalized spacial score (nSPS) is 14.3. The van der Waals surface area contributed by atoms with Crippen molar-refractivity contribution in [2.45, 2.75) is 32.4 Å². The summed E-state index contributed by atoms with van der Waals surface area (Å²) in [5.74, 6) is 0.167. The van der Waals surface area contributed by atoms with Crippen LogP contribution in [0.15, 0.2) is 78.9 Å². The van der Waals surface area contributed by atoms with Gasteiger partial charge in [0.15, 0.2) is 0 Å². The smallest absolute Gasteiger partial charge is 0.247 e. The average molecular weight is 497 g/mol. The summed E-state index contributed by atoms with van der Waals surface area (Å²) in [6, 6.07) is 27.5. The first kappa shape index (κ1) is 19.4. The van der Waals surface area contributed by atoms with E-state index in [2.05, 4.69) is 115 Å². The summed E-state index contributed by atoms with van der Waals surface area (Å²) in [6.45, 7) is 7.55. The molecule has 28 heavy (non-hydrogen) atoms. The van der Waals surface area contributed by atoms with E-state index in [0.29, 0.717) is 6.54 Å². The minimum absolute atomic E-state index is 0.0828. The number of carbonyl (C=O) groups is 1. The number of nitrogens with zero attached hydrogens (tertiary/aromatic N) is 1. The molecule has 0 spiro atoms. The van der Waals surface area contributed by atoms with Gasteiger partial charge in [0.2, 0.25) is 14.1 Å². The highest BCUT2D eigenvalue weighted by Gasteiger charge is 2.56. The molecule has 0 saturated heterocycles. The topological polar surface area (TPSA) is 20.3 Å². The van der Waals surface area contributed by atoms with E-state index in [-0.39, 0.29) is 10.9 Å². The number of benzene rings is 3. The lowest BCUT2D eigenvalue weighted by Crippen LogP contribution is -2.74. The summed E-state index contributed by atoms with van der Waals surface area (Å²) in [6.07, 6.45) is 0. The van der Waals surface area contributed by atoms with Crippen molar-refractivity contribution in [2.24, 2.45) is 0 Å². The Kier molecular flexibility index (Phi) is 4.96. The molecular formula is C24H24INOSi. The largest absolute Gasteiger partial charge is 0.352 e. The minimum atomic E-state index is -2.61. The van der Waals surface area contributed by atoms with Crippen molar-refractivity contribution in [3.05, 3.63) is 93.6 Å². The third-order valence-electron chi connectivity index (χ3n) is 5.74. The number of carbonyl (C=O) groups excluding carboxylic acids is 1. The predicted octanol–water partition coefficient (Wildman–Crippen LogP) is 4.81. The molecule has 1 heterocycles. The fourth-order valence-corrected chi connectivity index (χ4v) is 10.9. The first-order valence-corrected chi connectivity index (χ1v) is 12.6. The molecular weight excluding hydrogens is 473 g/mol. The fraction of sp³-hybridized carbons (Fsp3) is 0.208. The Morgan fingerprint density at radius 3 is 1.89 bits per heavy atom. The van der Waals surface area contributed by atoms with Crippen LogP contribution in [0.1, 0.15) is 36.7 Å². The van der Waals surface area contributed by atoms with Gasteiger partial charge in [-0.15, -0.1) is 0 Å². The Bertz CT molecular complexity index is 972. The van der Waals surface area contributed by atoms with Gasteiger partial charge in [0.05, 0.1) is 0 Å². The van der Waals surface area contributed by atoms with Gasteiger partial charge in [-0.3, -0.25) is 4.79 Å². The third-order valence-corrected chi connectivity index (χ3v) is 12.1. The molecule has 1 aliphatic rings.